The predicted octanol–water partition coefficient (Wildman–Crippen LogP) is 2.61. The molecule has 0 aliphatic carbocycles. The Kier molecular flexibility index (Phi) is 5.49. The van der Waals surface area contributed by atoms with Crippen molar-refractivity contribution in [2.45, 2.75) is 25.8 Å². The molecule has 0 aromatic heterocycles. The fourth-order valence-corrected chi connectivity index (χ4v) is 1.69. The van der Waals surface area contributed by atoms with Crippen LogP contribution in [0.1, 0.15) is 30.1 Å². The van der Waals surface area contributed by atoms with Gasteiger partial charge in [-0.3, -0.25) is 0 Å². The normalized spacial score (nSPS) is 12.1. The Morgan fingerprint density at radius 3 is 2.53 bits per heavy atom. The second-order valence-electron chi connectivity index (χ2n) is 3.97. The van der Waals surface area contributed by atoms with E-state index in [9.17, 15) is 4.79 Å². The van der Waals surface area contributed by atoms with Crippen molar-refractivity contribution < 1.29 is 14.6 Å². The quantitative estimate of drug-likeness (QED) is 0.765. The molecule has 0 spiro atoms. The van der Waals surface area contributed by atoms with Crippen LogP contribution in [0.3, 0.4) is 0 Å². The van der Waals surface area contributed by atoms with E-state index < -0.39 is 5.97 Å². The van der Waals surface area contributed by atoms with Crippen molar-refractivity contribution >= 4 is 11.7 Å². The lowest BCUT2D eigenvalue weighted by molar-refractivity contribution is 0.0697. The van der Waals surface area contributed by atoms with Gasteiger partial charge in [-0.05, 0) is 30.7 Å². The maximum absolute atomic E-state index is 10.7. The van der Waals surface area contributed by atoms with Gasteiger partial charge in [0.15, 0.2) is 0 Å². The zero-order chi connectivity index (χ0) is 12.7. The van der Waals surface area contributed by atoms with Crippen LogP contribution >= 0.6 is 0 Å². The van der Waals surface area contributed by atoms with Crippen LogP contribution in [0.5, 0.6) is 0 Å². The molecule has 0 saturated heterocycles. The van der Waals surface area contributed by atoms with Crippen LogP contribution in [0.2, 0.25) is 0 Å². The fourth-order valence-electron chi connectivity index (χ4n) is 1.69. The number of aromatic carboxylic acids is 1. The molecule has 1 atom stereocenters. The molecule has 2 N–H and O–H groups in total. The predicted molar refractivity (Wildman–Crippen MR) is 67.6 cm³/mol. The third kappa shape index (κ3) is 4.44. The van der Waals surface area contributed by atoms with Crippen LogP contribution in [0.4, 0.5) is 5.69 Å². The van der Waals surface area contributed by atoms with Gasteiger partial charge in [0, 0.05) is 18.8 Å². The Labute approximate surface area is 102 Å². The van der Waals surface area contributed by atoms with Gasteiger partial charge in [-0.2, -0.15) is 0 Å². The summed E-state index contributed by atoms with van der Waals surface area (Å²) in [6.07, 6.45) is 2.10. The summed E-state index contributed by atoms with van der Waals surface area (Å²) in [6.45, 7) is 2.77. The number of hydrogen-bond acceptors (Lipinski definition) is 3. The average Bonchev–Trinajstić information content (AvgIpc) is 2.30. The molecule has 1 rings (SSSR count). The zero-order valence-electron chi connectivity index (χ0n) is 10.3. The fraction of sp³-hybridized carbons (Fsp3) is 0.462. The summed E-state index contributed by atoms with van der Waals surface area (Å²) in [5.74, 6) is -0.904. The second-order valence-corrected chi connectivity index (χ2v) is 3.97. The minimum absolute atomic E-state index is 0.265. The third-order valence-corrected chi connectivity index (χ3v) is 2.51. The molecule has 0 fully saturated rings. The van der Waals surface area contributed by atoms with Gasteiger partial charge in [-0.15, -0.1) is 0 Å². The van der Waals surface area contributed by atoms with Gasteiger partial charge in [0.1, 0.15) is 0 Å². The van der Waals surface area contributed by atoms with Gasteiger partial charge in [0.2, 0.25) is 0 Å². The van der Waals surface area contributed by atoms with Crippen molar-refractivity contribution in [1.29, 1.82) is 0 Å². The van der Waals surface area contributed by atoms with Crippen molar-refractivity contribution in [3.8, 4) is 0 Å². The van der Waals surface area contributed by atoms with Crippen LogP contribution in [0.15, 0.2) is 24.3 Å². The Bertz CT molecular complexity index is 342. The first-order valence-corrected chi connectivity index (χ1v) is 5.76. The largest absolute Gasteiger partial charge is 0.478 e. The minimum Gasteiger partial charge on any atom is -0.478 e. The van der Waals surface area contributed by atoms with E-state index in [1.165, 1.54) is 0 Å². The van der Waals surface area contributed by atoms with Crippen molar-refractivity contribution in [3.05, 3.63) is 29.8 Å². The van der Waals surface area contributed by atoms with Crippen molar-refractivity contribution in [2.24, 2.45) is 0 Å². The van der Waals surface area contributed by atoms with Crippen LogP contribution in [-0.2, 0) is 4.74 Å². The molecule has 0 aliphatic heterocycles. The van der Waals surface area contributed by atoms with Gasteiger partial charge in [-0.25, -0.2) is 4.79 Å². The van der Waals surface area contributed by atoms with E-state index in [1.807, 2.05) is 0 Å². The van der Waals surface area contributed by atoms with Crippen LogP contribution in [0, 0.1) is 0 Å². The average molecular weight is 237 g/mol. The smallest absolute Gasteiger partial charge is 0.335 e. The molecule has 17 heavy (non-hydrogen) atoms. The van der Waals surface area contributed by atoms with E-state index in [0.29, 0.717) is 12.2 Å². The van der Waals surface area contributed by atoms with E-state index in [2.05, 4.69) is 12.2 Å². The molecule has 94 valence electrons. The van der Waals surface area contributed by atoms with Crippen LogP contribution in [-0.4, -0.2) is 30.8 Å². The van der Waals surface area contributed by atoms with Crippen molar-refractivity contribution in [3.63, 3.8) is 0 Å². The number of ether oxygens (including phenoxy) is 1. The molecule has 0 heterocycles. The molecule has 1 aromatic carbocycles. The molecule has 1 unspecified atom stereocenters. The highest BCUT2D eigenvalue weighted by Crippen LogP contribution is 2.13. The molecular formula is C13H19NO3. The molecule has 4 nitrogen and oxygen atoms in total. The highest BCUT2D eigenvalue weighted by atomic mass is 16.5. The number of anilines is 1. The Balaban J connectivity index is 2.62. The SMILES string of the molecule is CCCC(COC)Nc1ccc(C(=O)O)cc1. The number of carboxylic acids is 1. The highest BCUT2D eigenvalue weighted by molar-refractivity contribution is 5.87. The first-order valence-electron chi connectivity index (χ1n) is 5.76. The Hall–Kier alpha value is -1.55. The summed E-state index contributed by atoms with van der Waals surface area (Å²) in [5, 5.41) is 12.1. The van der Waals surface area contributed by atoms with Crippen molar-refractivity contribution in [2.75, 3.05) is 19.0 Å². The van der Waals surface area contributed by atoms with E-state index in [1.54, 1.807) is 31.4 Å². The van der Waals surface area contributed by atoms with Crippen LogP contribution < -0.4 is 5.32 Å². The topological polar surface area (TPSA) is 58.6 Å². The number of benzene rings is 1. The summed E-state index contributed by atoms with van der Waals surface area (Å²) in [5.41, 5.74) is 1.22. The molecule has 1 aromatic rings. The first kappa shape index (κ1) is 13.5. The molecular weight excluding hydrogens is 218 g/mol. The number of nitrogens with one attached hydrogen (secondary N) is 1. The first-order chi connectivity index (χ1) is 8.17. The summed E-state index contributed by atoms with van der Waals surface area (Å²) >= 11 is 0. The number of carboxylic acid groups (broad SMARTS) is 1. The Morgan fingerprint density at radius 1 is 1.41 bits per heavy atom. The minimum atomic E-state index is -0.904. The lowest BCUT2D eigenvalue weighted by Gasteiger charge is -2.18. The molecule has 0 bridgehead atoms. The summed E-state index contributed by atoms with van der Waals surface area (Å²) < 4.78 is 5.13. The molecule has 0 amide bonds. The number of rotatable bonds is 7. The van der Waals surface area contributed by atoms with Gasteiger partial charge in [-0.1, -0.05) is 13.3 Å². The number of methoxy groups -OCH3 is 1. The lowest BCUT2D eigenvalue weighted by Crippen LogP contribution is -2.24. The zero-order valence-corrected chi connectivity index (χ0v) is 10.3. The second kappa shape index (κ2) is 6.91. The van der Waals surface area contributed by atoms with Crippen LogP contribution in [0.25, 0.3) is 0 Å². The standard InChI is InChI=1S/C13H19NO3/c1-3-4-12(9-17-2)14-11-7-5-10(6-8-11)13(15)16/h5-8,12,14H,3-4,9H2,1-2H3,(H,15,16). The maximum Gasteiger partial charge on any atom is 0.335 e. The molecule has 0 saturated carbocycles. The van der Waals surface area contributed by atoms with E-state index in [-0.39, 0.29) is 6.04 Å². The van der Waals surface area contributed by atoms with E-state index in [4.69, 9.17) is 9.84 Å². The van der Waals surface area contributed by atoms with Gasteiger partial charge in [0.05, 0.1) is 12.2 Å². The molecule has 0 radical (unpaired) electrons. The van der Waals surface area contributed by atoms with Gasteiger partial charge >= 0.3 is 5.97 Å². The van der Waals surface area contributed by atoms with Gasteiger partial charge in [0.25, 0.3) is 0 Å². The number of hydrogen-bond donors (Lipinski definition) is 2. The third-order valence-electron chi connectivity index (χ3n) is 2.51. The summed E-state index contributed by atoms with van der Waals surface area (Å²) in [7, 11) is 1.68. The molecule has 0 aliphatic rings. The summed E-state index contributed by atoms with van der Waals surface area (Å²) in [6, 6.07) is 7.02. The monoisotopic (exact) mass is 237 g/mol. The van der Waals surface area contributed by atoms with Gasteiger partial charge < -0.3 is 15.2 Å². The van der Waals surface area contributed by atoms with Crippen molar-refractivity contribution in [1.82, 2.24) is 0 Å². The Morgan fingerprint density at radius 2 is 2.06 bits per heavy atom. The summed E-state index contributed by atoms with van der Waals surface area (Å²) in [4.78, 5) is 10.7. The molecule has 4 heteroatoms. The van der Waals surface area contributed by atoms with E-state index >= 15 is 0 Å². The maximum atomic E-state index is 10.7. The number of carbonyl (C=O) groups is 1. The lowest BCUT2D eigenvalue weighted by atomic mass is 10.1. The highest BCUT2D eigenvalue weighted by Gasteiger charge is 2.07. The van der Waals surface area contributed by atoms with E-state index in [0.717, 1.165) is 18.5 Å².